The molecular weight excluding hydrogens is 200 g/mol. The second-order valence-corrected chi connectivity index (χ2v) is 4.26. The number of aromatic nitrogens is 1. The van der Waals surface area contributed by atoms with E-state index in [1.807, 2.05) is 12.1 Å². The number of hydrogen-bond acceptors (Lipinski definition) is 2. The van der Waals surface area contributed by atoms with Crippen LogP contribution in [0.25, 0.3) is 10.9 Å². The number of H-pyrrole nitrogens is 1. The van der Waals surface area contributed by atoms with Crippen molar-refractivity contribution < 1.29 is 4.74 Å². The average molecular weight is 218 g/mol. The van der Waals surface area contributed by atoms with Crippen molar-refractivity contribution in [2.24, 2.45) is 5.73 Å². The molecule has 0 amide bonds. The number of aromatic amines is 1. The van der Waals surface area contributed by atoms with Gasteiger partial charge >= 0.3 is 0 Å². The molecule has 0 aliphatic carbocycles. The van der Waals surface area contributed by atoms with E-state index >= 15 is 0 Å². The minimum absolute atomic E-state index is 0.458. The fourth-order valence-electron chi connectivity index (χ4n) is 2.26. The van der Waals surface area contributed by atoms with E-state index in [2.05, 4.69) is 24.9 Å². The molecule has 3 N–H and O–H groups in total. The van der Waals surface area contributed by atoms with Gasteiger partial charge < -0.3 is 15.5 Å². The SMILES string of the molecule is COc1cccc2c(C(C)C)c(CN)[nH]c12. The maximum atomic E-state index is 5.77. The molecule has 2 aromatic rings. The van der Waals surface area contributed by atoms with Crippen LogP contribution in [0.15, 0.2) is 18.2 Å². The van der Waals surface area contributed by atoms with Crippen LogP contribution in [0, 0.1) is 0 Å². The summed E-state index contributed by atoms with van der Waals surface area (Å²) < 4.78 is 5.35. The lowest BCUT2D eigenvalue weighted by molar-refractivity contribution is 0.419. The van der Waals surface area contributed by atoms with Crippen LogP contribution in [0.2, 0.25) is 0 Å². The van der Waals surface area contributed by atoms with Crippen molar-refractivity contribution in [3.05, 3.63) is 29.5 Å². The third kappa shape index (κ3) is 1.57. The molecule has 1 aromatic carbocycles. The van der Waals surface area contributed by atoms with Crippen LogP contribution in [-0.4, -0.2) is 12.1 Å². The first kappa shape index (κ1) is 11.0. The highest BCUT2D eigenvalue weighted by atomic mass is 16.5. The molecule has 0 bridgehead atoms. The molecule has 0 fully saturated rings. The van der Waals surface area contributed by atoms with Crippen LogP contribution in [0.1, 0.15) is 31.0 Å². The topological polar surface area (TPSA) is 51.0 Å². The van der Waals surface area contributed by atoms with E-state index in [0.29, 0.717) is 12.5 Å². The Morgan fingerprint density at radius 1 is 1.38 bits per heavy atom. The fourth-order valence-corrected chi connectivity index (χ4v) is 2.26. The highest BCUT2D eigenvalue weighted by Crippen LogP contribution is 2.33. The predicted octanol–water partition coefficient (Wildman–Crippen LogP) is 2.76. The van der Waals surface area contributed by atoms with Gasteiger partial charge in [-0.1, -0.05) is 26.0 Å². The third-order valence-electron chi connectivity index (χ3n) is 2.92. The van der Waals surface area contributed by atoms with Crippen molar-refractivity contribution in [3.8, 4) is 5.75 Å². The lowest BCUT2D eigenvalue weighted by Gasteiger charge is -2.06. The number of hydrogen-bond donors (Lipinski definition) is 2. The summed E-state index contributed by atoms with van der Waals surface area (Å²) >= 11 is 0. The van der Waals surface area contributed by atoms with Gasteiger partial charge in [0.15, 0.2) is 0 Å². The van der Waals surface area contributed by atoms with Gasteiger partial charge in [-0.25, -0.2) is 0 Å². The van der Waals surface area contributed by atoms with E-state index in [9.17, 15) is 0 Å². The lowest BCUT2D eigenvalue weighted by atomic mass is 9.99. The number of fused-ring (bicyclic) bond motifs is 1. The second-order valence-electron chi connectivity index (χ2n) is 4.26. The van der Waals surface area contributed by atoms with Crippen LogP contribution < -0.4 is 10.5 Å². The van der Waals surface area contributed by atoms with Gasteiger partial charge in [0, 0.05) is 17.6 Å². The van der Waals surface area contributed by atoms with Gasteiger partial charge in [-0.15, -0.1) is 0 Å². The molecule has 86 valence electrons. The number of nitrogens with two attached hydrogens (primary N) is 1. The molecule has 16 heavy (non-hydrogen) atoms. The number of rotatable bonds is 3. The summed E-state index contributed by atoms with van der Waals surface area (Å²) in [6.45, 7) is 4.90. The molecule has 0 saturated carbocycles. The van der Waals surface area contributed by atoms with Gasteiger partial charge in [-0.2, -0.15) is 0 Å². The molecule has 2 rings (SSSR count). The molecule has 1 aromatic heterocycles. The Labute approximate surface area is 95.6 Å². The monoisotopic (exact) mass is 218 g/mol. The smallest absolute Gasteiger partial charge is 0.142 e. The molecule has 3 nitrogen and oxygen atoms in total. The highest BCUT2D eigenvalue weighted by Gasteiger charge is 2.15. The zero-order valence-corrected chi connectivity index (χ0v) is 10.0. The number of nitrogens with one attached hydrogen (secondary N) is 1. The molecule has 0 aliphatic heterocycles. The average Bonchev–Trinajstić information content (AvgIpc) is 2.66. The van der Waals surface area contributed by atoms with E-state index in [0.717, 1.165) is 17.0 Å². The minimum Gasteiger partial charge on any atom is -0.495 e. The van der Waals surface area contributed by atoms with Gasteiger partial charge in [0.1, 0.15) is 5.75 Å². The zero-order chi connectivity index (χ0) is 11.7. The summed E-state index contributed by atoms with van der Waals surface area (Å²) in [6, 6.07) is 6.09. The first-order valence-corrected chi connectivity index (χ1v) is 5.56. The van der Waals surface area contributed by atoms with Crippen molar-refractivity contribution in [2.45, 2.75) is 26.3 Å². The molecule has 0 saturated heterocycles. The fraction of sp³-hybridized carbons (Fsp3) is 0.385. The number of benzene rings is 1. The lowest BCUT2D eigenvalue weighted by Crippen LogP contribution is -2.01. The van der Waals surface area contributed by atoms with Crippen LogP contribution in [0.4, 0.5) is 0 Å². The summed E-state index contributed by atoms with van der Waals surface area (Å²) in [4.78, 5) is 3.36. The van der Waals surface area contributed by atoms with Gasteiger partial charge in [-0.3, -0.25) is 0 Å². The highest BCUT2D eigenvalue weighted by molar-refractivity contribution is 5.90. The summed E-state index contributed by atoms with van der Waals surface area (Å²) in [5.74, 6) is 1.33. The molecule has 0 unspecified atom stereocenters. The second kappa shape index (κ2) is 4.18. The Bertz CT molecular complexity index is 500. The van der Waals surface area contributed by atoms with Crippen LogP contribution in [0.5, 0.6) is 5.75 Å². The molecule has 3 heteroatoms. The standard InChI is InChI=1S/C13H18N2O/c1-8(2)12-9-5-4-6-11(16-3)13(9)15-10(12)7-14/h4-6,8,15H,7,14H2,1-3H3. The summed E-state index contributed by atoms with van der Waals surface area (Å²) in [7, 11) is 1.69. The van der Waals surface area contributed by atoms with Crippen LogP contribution in [-0.2, 0) is 6.54 Å². The molecule has 0 aliphatic rings. The first-order valence-electron chi connectivity index (χ1n) is 5.56. The Balaban J connectivity index is 2.77. The number of methoxy groups -OCH3 is 1. The molecule has 0 radical (unpaired) electrons. The van der Waals surface area contributed by atoms with Gasteiger partial charge in [-0.05, 0) is 17.5 Å². The van der Waals surface area contributed by atoms with Gasteiger partial charge in [0.05, 0.1) is 12.6 Å². The predicted molar refractivity (Wildman–Crippen MR) is 66.8 cm³/mol. The Morgan fingerprint density at radius 3 is 2.69 bits per heavy atom. The van der Waals surface area contributed by atoms with Crippen LogP contribution >= 0.6 is 0 Å². The van der Waals surface area contributed by atoms with Crippen molar-refractivity contribution in [1.29, 1.82) is 0 Å². The van der Waals surface area contributed by atoms with E-state index in [4.69, 9.17) is 10.5 Å². The Hall–Kier alpha value is -1.48. The number of ether oxygens (including phenoxy) is 1. The van der Waals surface area contributed by atoms with E-state index < -0.39 is 0 Å². The number of para-hydroxylation sites is 1. The molecular formula is C13H18N2O. The van der Waals surface area contributed by atoms with Crippen molar-refractivity contribution >= 4 is 10.9 Å². The van der Waals surface area contributed by atoms with Crippen molar-refractivity contribution in [1.82, 2.24) is 4.98 Å². The minimum atomic E-state index is 0.458. The largest absolute Gasteiger partial charge is 0.495 e. The van der Waals surface area contributed by atoms with E-state index in [-0.39, 0.29) is 0 Å². The van der Waals surface area contributed by atoms with Gasteiger partial charge in [0.2, 0.25) is 0 Å². The van der Waals surface area contributed by atoms with E-state index in [1.165, 1.54) is 10.9 Å². The van der Waals surface area contributed by atoms with Crippen LogP contribution in [0.3, 0.4) is 0 Å². The maximum Gasteiger partial charge on any atom is 0.142 e. The maximum absolute atomic E-state index is 5.77. The Morgan fingerprint density at radius 2 is 2.12 bits per heavy atom. The van der Waals surface area contributed by atoms with Crippen molar-refractivity contribution in [3.63, 3.8) is 0 Å². The van der Waals surface area contributed by atoms with Crippen molar-refractivity contribution in [2.75, 3.05) is 7.11 Å². The molecule has 0 atom stereocenters. The first-order chi connectivity index (χ1) is 7.69. The van der Waals surface area contributed by atoms with Gasteiger partial charge in [0.25, 0.3) is 0 Å². The summed E-state index contributed by atoms with van der Waals surface area (Å²) in [5, 5.41) is 1.22. The Kier molecular flexibility index (Phi) is 2.88. The molecule has 0 spiro atoms. The molecule has 1 heterocycles. The summed E-state index contributed by atoms with van der Waals surface area (Å²) in [5.41, 5.74) is 9.23. The quantitative estimate of drug-likeness (QED) is 0.832. The zero-order valence-electron chi connectivity index (χ0n) is 10.0. The van der Waals surface area contributed by atoms with E-state index in [1.54, 1.807) is 7.11 Å². The third-order valence-corrected chi connectivity index (χ3v) is 2.92. The summed E-state index contributed by atoms with van der Waals surface area (Å²) in [6.07, 6.45) is 0. The normalized spacial score (nSPS) is 11.3.